The molecule has 22 heavy (non-hydrogen) atoms. The molecular weight excluding hydrogens is 348 g/mol. The Labute approximate surface area is 134 Å². The van der Waals surface area contributed by atoms with Crippen LogP contribution >= 0.6 is 15.9 Å². The fourth-order valence-corrected chi connectivity index (χ4v) is 2.59. The third-order valence-electron chi connectivity index (χ3n) is 3.24. The summed E-state index contributed by atoms with van der Waals surface area (Å²) < 4.78 is 0.928. The van der Waals surface area contributed by atoms with E-state index >= 15 is 0 Å². The number of hydrogen-bond acceptors (Lipinski definition) is 5. The van der Waals surface area contributed by atoms with E-state index in [2.05, 4.69) is 31.2 Å². The maximum atomic E-state index is 11.1. The number of hydrogen-bond donors (Lipinski definition) is 1. The minimum Gasteiger partial charge on any atom is -0.340 e. The summed E-state index contributed by atoms with van der Waals surface area (Å²) in [5.74, 6) is 0.534. The molecule has 6 nitrogen and oxygen atoms in total. The lowest BCUT2D eigenvalue weighted by Crippen LogP contribution is -1.98. The molecule has 0 saturated heterocycles. The number of nitro groups is 1. The number of aromatic nitrogens is 2. The van der Waals surface area contributed by atoms with E-state index in [4.69, 9.17) is 0 Å². The fourth-order valence-electron chi connectivity index (χ4n) is 2.20. The van der Waals surface area contributed by atoms with Gasteiger partial charge in [0.25, 0.3) is 5.69 Å². The summed E-state index contributed by atoms with van der Waals surface area (Å²) in [5.41, 5.74) is 2.12. The molecule has 0 atom stereocenters. The highest BCUT2D eigenvalue weighted by Gasteiger charge is 2.15. The SMILES string of the molecule is Cc1cc2ncnc(Nc3cccc(Br)c3)c2cc1[N+](=O)[O-]. The number of fused-ring (bicyclic) bond motifs is 1. The molecule has 0 saturated carbocycles. The van der Waals surface area contributed by atoms with Gasteiger partial charge in [0.15, 0.2) is 0 Å². The van der Waals surface area contributed by atoms with E-state index in [-0.39, 0.29) is 5.69 Å². The molecule has 0 amide bonds. The average molecular weight is 359 g/mol. The van der Waals surface area contributed by atoms with Crippen LogP contribution in [0, 0.1) is 17.0 Å². The Morgan fingerprint density at radius 2 is 2.05 bits per heavy atom. The molecule has 0 aliphatic heterocycles. The predicted octanol–water partition coefficient (Wildman–Crippen LogP) is 4.35. The minimum atomic E-state index is -0.398. The van der Waals surface area contributed by atoms with Crippen molar-refractivity contribution in [3.05, 3.63) is 62.9 Å². The summed E-state index contributed by atoms with van der Waals surface area (Å²) >= 11 is 3.40. The van der Waals surface area contributed by atoms with Crippen LogP contribution in [0.2, 0.25) is 0 Å². The van der Waals surface area contributed by atoms with E-state index in [9.17, 15) is 10.1 Å². The van der Waals surface area contributed by atoms with Gasteiger partial charge in [-0.2, -0.15) is 0 Å². The largest absolute Gasteiger partial charge is 0.340 e. The highest BCUT2D eigenvalue weighted by Crippen LogP contribution is 2.29. The first-order valence-corrected chi connectivity index (χ1v) is 7.26. The van der Waals surface area contributed by atoms with Gasteiger partial charge in [-0.1, -0.05) is 22.0 Å². The Balaban J connectivity index is 2.13. The number of nitrogens with zero attached hydrogens (tertiary/aromatic N) is 3. The normalized spacial score (nSPS) is 10.6. The lowest BCUT2D eigenvalue weighted by molar-refractivity contribution is -0.385. The van der Waals surface area contributed by atoms with Crippen molar-refractivity contribution < 1.29 is 4.92 Å². The molecule has 0 aliphatic rings. The molecule has 0 unspecified atom stereocenters. The molecule has 3 aromatic rings. The Morgan fingerprint density at radius 1 is 1.23 bits per heavy atom. The van der Waals surface area contributed by atoms with E-state index in [1.54, 1.807) is 13.0 Å². The van der Waals surface area contributed by atoms with Gasteiger partial charge >= 0.3 is 0 Å². The second-order valence-corrected chi connectivity index (χ2v) is 5.69. The zero-order valence-corrected chi connectivity index (χ0v) is 13.2. The predicted molar refractivity (Wildman–Crippen MR) is 88.4 cm³/mol. The molecule has 2 aromatic carbocycles. The zero-order chi connectivity index (χ0) is 15.7. The topological polar surface area (TPSA) is 81.0 Å². The van der Waals surface area contributed by atoms with Crippen LogP contribution in [0.1, 0.15) is 5.56 Å². The fraction of sp³-hybridized carbons (Fsp3) is 0.0667. The minimum absolute atomic E-state index is 0.0552. The summed E-state index contributed by atoms with van der Waals surface area (Å²) in [4.78, 5) is 19.1. The molecule has 1 heterocycles. The molecule has 1 N–H and O–H groups in total. The Kier molecular flexibility index (Phi) is 3.72. The van der Waals surface area contributed by atoms with Crippen LogP contribution in [0.3, 0.4) is 0 Å². The first kappa shape index (κ1) is 14.4. The molecule has 1 aromatic heterocycles. The average Bonchev–Trinajstić information content (AvgIpc) is 2.46. The second kappa shape index (κ2) is 5.69. The Morgan fingerprint density at radius 3 is 2.77 bits per heavy atom. The molecule has 3 rings (SSSR count). The van der Waals surface area contributed by atoms with E-state index in [0.29, 0.717) is 22.3 Å². The molecule has 0 radical (unpaired) electrons. The molecule has 0 spiro atoms. The Hall–Kier alpha value is -2.54. The first-order valence-electron chi connectivity index (χ1n) is 6.47. The van der Waals surface area contributed by atoms with Gasteiger partial charge in [0.05, 0.1) is 10.4 Å². The van der Waals surface area contributed by atoms with E-state index in [0.717, 1.165) is 10.2 Å². The number of halogens is 1. The smallest absolute Gasteiger partial charge is 0.273 e. The van der Waals surface area contributed by atoms with Gasteiger partial charge in [-0.15, -0.1) is 0 Å². The summed E-state index contributed by atoms with van der Waals surface area (Å²) in [6, 6.07) is 10.8. The van der Waals surface area contributed by atoms with Gasteiger partial charge in [-0.05, 0) is 31.2 Å². The van der Waals surface area contributed by atoms with Crippen LogP contribution in [-0.2, 0) is 0 Å². The Bertz CT molecular complexity index is 883. The van der Waals surface area contributed by atoms with Crippen LogP contribution < -0.4 is 5.32 Å². The summed E-state index contributed by atoms with van der Waals surface area (Å²) in [7, 11) is 0. The lowest BCUT2D eigenvalue weighted by Gasteiger charge is -2.09. The van der Waals surface area contributed by atoms with Crippen LogP contribution in [0.4, 0.5) is 17.2 Å². The number of nitrogens with one attached hydrogen (secondary N) is 1. The van der Waals surface area contributed by atoms with E-state index in [1.807, 2.05) is 24.3 Å². The molecule has 7 heteroatoms. The molecule has 110 valence electrons. The zero-order valence-electron chi connectivity index (χ0n) is 11.6. The third kappa shape index (κ3) is 2.75. The number of aryl methyl sites for hydroxylation is 1. The van der Waals surface area contributed by atoms with Crippen LogP contribution in [0.5, 0.6) is 0 Å². The van der Waals surface area contributed by atoms with Gasteiger partial charge < -0.3 is 5.32 Å². The lowest BCUT2D eigenvalue weighted by atomic mass is 10.1. The first-order chi connectivity index (χ1) is 10.5. The van der Waals surface area contributed by atoms with Crippen molar-refractivity contribution >= 4 is 44.0 Å². The van der Waals surface area contributed by atoms with Crippen LogP contribution in [0.15, 0.2) is 47.2 Å². The number of rotatable bonds is 3. The summed E-state index contributed by atoms with van der Waals surface area (Å²) in [6.45, 7) is 1.70. The molecule has 0 fully saturated rings. The van der Waals surface area contributed by atoms with Gasteiger partial charge in [0.1, 0.15) is 12.1 Å². The number of anilines is 2. The van der Waals surface area contributed by atoms with Gasteiger partial charge in [0.2, 0.25) is 0 Å². The van der Waals surface area contributed by atoms with Crippen molar-refractivity contribution in [2.24, 2.45) is 0 Å². The van der Waals surface area contributed by atoms with Crippen molar-refractivity contribution in [2.75, 3.05) is 5.32 Å². The monoisotopic (exact) mass is 358 g/mol. The highest BCUT2D eigenvalue weighted by molar-refractivity contribution is 9.10. The highest BCUT2D eigenvalue weighted by atomic mass is 79.9. The van der Waals surface area contributed by atoms with E-state index < -0.39 is 4.92 Å². The molecular formula is C15H11BrN4O2. The molecule has 0 aliphatic carbocycles. The van der Waals surface area contributed by atoms with Crippen molar-refractivity contribution in [2.45, 2.75) is 6.92 Å². The van der Waals surface area contributed by atoms with Crippen molar-refractivity contribution in [3.8, 4) is 0 Å². The van der Waals surface area contributed by atoms with E-state index in [1.165, 1.54) is 12.4 Å². The number of nitro benzene ring substituents is 1. The van der Waals surface area contributed by atoms with Crippen LogP contribution in [-0.4, -0.2) is 14.9 Å². The molecule has 0 bridgehead atoms. The van der Waals surface area contributed by atoms with Gasteiger partial charge in [-0.3, -0.25) is 10.1 Å². The maximum absolute atomic E-state index is 11.1. The standard InChI is InChI=1S/C15H11BrN4O2/c1-9-5-13-12(7-14(9)20(21)22)15(18-8-17-13)19-11-4-2-3-10(16)6-11/h2-8H,1H3,(H,17,18,19). The second-order valence-electron chi connectivity index (χ2n) is 4.77. The van der Waals surface area contributed by atoms with Gasteiger partial charge in [-0.25, -0.2) is 9.97 Å². The quantitative estimate of drug-likeness (QED) is 0.555. The summed E-state index contributed by atoms with van der Waals surface area (Å²) in [5, 5.41) is 14.9. The van der Waals surface area contributed by atoms with Crippen molar-refractivity contribution in [1.82, 2.24) is 9.97 Å². The third-order valence-corrected chi connectivity index (χ3v) is 3.73. The maximum Gasteiger partial charge on any atom is 0.273 e. The van der Waals surface area contributed by atoms with Crippen molar-refractivity contribution in [1.29, 1.82) is 0 Å². The summed E-state index contributed by atoms with van der Waals surface area (Å²) in [6.07, 6.45) is 1.44. The van der Waals surface area contributed by atoms with Gasteiger partial charge in [0, 0.05) is 27.2 Å². The van der Waals surface area contributed by atoms with Crippen molar-refractivity contribution in [3.63, 3.8) is 0 Å². The number of benzene rings is 2. The van der Waals surface area contributed by atoms with Crippen LogP contribution in [0.25, 0.3) is 10.9 Å².